The summed E-state index contributed by atoms with van der Waals surface area (Å²) in [6.07, 6.45) is 0.0919. The predicted molar refractivity (Wildman–Crippen MR) is 57.5 cm³/mol. The van der Waals surface area contributed by atoms with E-state index in [-0.39, 0.29) is 17.4 Å². The molecule has 1 amide bonds. The minimum atomic E-state index is -1.24. The summed E-state index contributed by atoms with van der Waals surface area (Å²) in [6, 6.07) is 0. The third kappa shape index (κ3) is 5.51. The standard InChI is InChI=1S/C9H17NO4S/c1-6(9(10)12)5-15(13)7(2)4-8(11)14-3/h6-7H,4-5H2,1-3H3,(H2,10,12). The molecular weight excluding hydrogens is 218 g/mol. The molecule has 15 heavy (non-hydrogen) atoms. The van der Waals surface area contributed by atoms with Crippen molar-refractivity contribution in [2.24, 2.45) is 11.7 Å². The number of nitrogens with two attached hydrogens (primary N) is 1. The van der Waals surface area contributed by atoms with Gasteiger partial charge in [-0.1, -0.05) is 13.8 Å². The topological polar surface area (TPSA) is 86.5 Å². The SMILES string of the molecule is COC(=O)CC(C)S(=O)CC(C)C(N)=O. The van der Waals surface area contributed by atoms with Crippen molar-refractivity contribution < 1.29 is 18.5 Å². The molecule has 0 rings (SSSR count). The summed E-state index contributed by atoms with van der Waals surface area (Å²) in [7, 11) is 0.0425. The van der Waals surface area contributed by atoms with Crippen LogP contribution in [0.25, 0.3) is 0 Å². The second kappa shape index (κ2) is 6.55. The van der Waals surface area contributed by atoms with Crippen molar-refractivity contribution in [2.75, 3.05) is 12.9 Å². The van der Waals surface area contributed by atoms with Crippen molar-refractivity contribution in [2.45, 2.75) is 25.5 Å². The van der Waals surface area contributed by atoms with E-state index in [1.54, 1.807) is 13.8 Å². The highest BCUT2D eigenvalue weighted by molar-refractivity contribution is 7.85. The van der Waals surface area contributed by atoms with Crippen LogP contribution < -0.4 is 5.73 Å². The van der Waals surface area contributed by atoms with E-state index in [1.165, 1.54) is 7.11 Å². The molecule has 88 valence electrons. The summed E-state index contributed by atoms with van der Waals surface area (Å²) in [4.78, 5) is 21.6. The predicted octanol–water partition coefficient (Wildman–Crippen LogP) is -0.192. The van der Waals surface area contributed by atoms with Gasteiger partial charge in [0, 0.05) is 27.7 Å². The molecular formula is C9H17NO4S. The number of carbonyl (C=O) groups excluding carboxylic acids is 2. The molecule has 2 N–H and O–H groups in total. The zero-order valence-electron chi connectivity index (χ0n) is 9.19. The Balaban J connectivity index is 4.10. The molecule has 0 heterocycles. The third-order valence-electron chi connectivity index (χ3n) is 2.03. The molecule has 0 aliphatic carbocycles. The number of primary amides is 1. The molecule has 0 aliphatic rings. The lowest BCUT2D eigenvalue weighted by atomic mass is 10.2. The highest BCUT2D eigenvalue weighted by atomic mass is 32.2. The van der Waals surface area contributed by atoms with Crippen LogP contribution in [-0.2, 0) is 25.1 Å². The first kappa shape index (κ1) is 14.1. The molecule has 0 saturated carbocycles. The fraction of sp³-hybridized carbons (Fsp3) is 0.778. The quantitative estimate of drug-likeness (QED) is 0.646. The fourth-order valence-corrected chi connectivity index (χ4v) is 2.21. The zero-order chi connectivity index (χ0) is 12.0. The number of ether oxygens (including phenoxy) is 1. The van der Waals surface area contributed by atoms with Gasteiger partial charge in [0.2, 0.25) is 5.91 Å². The highest BCUT2D eigenvalue weighted by Gasteiger charge is 2.20. The molecule has 3 unspecified atom stereocenters. The molecule has 0 aromatic rings. The van der Waals surface area contributed by atoms with Crippen LogP contribution in [0, 0.1) is 5.92 Å². The average Bonchev–Trinajstić information content (AvgIpc) is 2.16. The van der Waals surface area contributed by atoms with Gasteiger partial charge in [-0.25, -0.2) is 0 Å². The van der Waals surface area contributed by atoms with Gasteiger partial charge in [0.25, 0.3) is 0 Å². The van der Waals surface area contributed by atoms with E-state index >= 15 is 0 Å². The Hall–Kier alpha value is -0.910. The van der Waals surface area contributed by atoms with Crippen LogP contribution in [0.1, 0.15) is 20.3 Å². The van der Waals surface area contributed by atoms with Crippen molar-refractivity contribution in [3.05, 3.63) is 0 Å². The van der Waals surface area contributed by atoms with Crippen LogP contribution in [0.4, 0.5) is 0 Å². The normalized spacial score (nSPS) is 16.5. The number of rotatable bonds is 6. The molecule has 0 radical (unpaired) electrons. The van der Waals surface area contributed by atoms with Crippen LogP contribution in [0.5, 0.6) is 0 Å². The van der Waals surface area contributed by atoms with Crippen LogP contribution in [-0.4, -0.2) is 34.2 Å². The van der Waals surface area contributed by atoms with Crippen LogP contribution >= 0.6 is 0 Å². The van der Waals surface area contributed by atoms with Crippen molar-refractivity contribution >= 4 is 22.7 Å². The average molecular weight is 235 g/mol. The summed E-state index contributed by atoms with van der Waals surface area (Å²) in [5, 5.41) is -0.320. The summed E-state index contributed by atoms with van der Waals surface area (Å²) >= 11 is 0. The van der Waals surface area contributed by atoms with Gasteiger partial charge in [0.1, 0.15) is 0 Å². The van der Waals surface area contributed by atoms with Crippen LogP contribution in [0.15, 0.2) is 0 Å². The Morgan fingerprint density at radius 1 is 1.40 bits per heavy atom. The van der Waals surface area contributed by atoms with Gasteiger partial charge in [0.05, 0.1) is 13.5 Å². The lowest BCUT2D eigenvalue weighted by Crippen LogP contribution is -2.29. The van der Waals surface area contributed by atoms with Gasteiger partial charge in [-0.2, -0.15) is 0 Å². The first-order valence-electron chi connectivity index (χ1n) is 4.61. The number of hydrogen-bond donors (Lipinski definition) is 1. The minimum Gasteiger partial charge on any atom is -0.469 e. The number of esters is 1. The lowest BCUT2D eigenvalue weighted by molar-refractivity contribution is -0.140. The zero-order valence-corrected chi connectivity index (χ0v) is 10.0. The van der Waals surface area contributed by atoms with E-state index in [9.17, 15) is 13.8 Å². The monoisotopic (exact) mass is 235 g/mol. The first-order valence-corrected chi connectivity index (χ1v) is 6.00. The van der Waals surface area contributed by atoms with Gasteiger partial charge >= 0.3 is 5.97 Å². The van der Waals surface area contributed by atoms with Gasteiger partial charge in [-0.3, -0.25) is 13.8 Å². The second-order valence-electron chi connectivity index (χ2n) is 3.44. The molecule has 0 bridgehead atoms. The second-order valence-corrected chi connectivity index (χ2v) is 5.34. The summed E-state index contributed by atoms with van der Waals surface area (Å²) in [5.74, 6) is -1.13. The number of methoxy groups -OCH3 is 1. The molecule has 0 fully saturated rings. The first-order chi connectivity index (χ1) is 6.88. The summed E-state index contributed by atoms with van der Waals surface area (Å²) < 4.78 is 16.1. The molecule has 6 heteroatoms. The maximum Gasteiger partial charge on any atom is 0.306 e. The Morgan fingerprint density at radius 2 is 1.93 bits per heavy atom. The molecule has 0 aromatic heterocycles. The van der Waals surface area contributed by atoms with Crippen molar-refractivity contribution in [1.82, 2.24) is 0 Å². The molecule has 0 aliphatic heterocycles. The molecule has 0 spiro atoms. The molecule has 5 nitrogen and oxygen atoms in total. The van der Waals surface area contributed by atoms with Crippen molar-refractivity contribution in [3.8, 4) is 0 Å². The lowest BCUT2D eigenvalue weighted by Gasteiger charge is -2.12. The number of carbonyl (C=O) groups is 2. The largest absolute Gasteiger partial charge is 0.469 e. The summed E-state index contributed by atoms with van der Waals surface area (Å²) in [5.41, 5.74) is 5.05. The number of amides is 1. The van der Waals surface area contributed by atoms with Gasteiger partial charge in [-0.15, -0.1) is 0 Å². The van der Waals surface area contributed by atoms with Gasteiger partial charge in [0.15, 0.2) is 0 Å². The molecule has 0 saturated heterocycles. The molecule has 3 atom stereocenters. The van der Waals surface area contributed by atoms with Crippen molar-refractivity contribution in [1.29, 1.82) is 0 Å². The Labute approximate surface area is 91.8 Å². The van der Waals surface area contributed by atoms with Crippen molar-refractivity contribution in [3.63, 3.8) is 0 Å². The van der Waals surface area contributed by atoms with Crippen LogP contribution in [0.2, 0.25) is 0 Å². The smallest absolute Gasteiger partial charge is 0.306 e. The van der Waals surface area contributed by atoms with E-state index in [4.69, 9.17) is 5.73 Å². The Kier molecular flexibility index (Phi) is 6.15. The Bertz CT molecular complexity index is 267. The highest BCUT2D eigenvalue weighted by Crippen LogP contribution is 2.07. The summed E-state index contributed by atoms with van der Waals surface area (Å²) in [6.45, 7) is 3.30. The maximum atomic E-state index is 11.6. The third-order valence-corrected chi connectivity index (χ3v) is 3.92. The van der Waals surface area contributed by atoms with Crippen LogP contribution in [0.3, 0.4) is 0 Å². The van der Waals surface area contributed by atoms with E-state index in [1.807, 2.05) is 0 Å². The van der Waals surface area contributed by atoms with E-state index in [2.05, 4.69) is 4.74 Å². The minimum absolute atomic E-state index is 0.0919. The van der Waals surface area contributed by atoms with E-state index in [0.29, 0.717) is 0 Å². The van der Waals surface area contributed by atoms with E-state index < -0.39 is 28.6 Å². The van der Waals surface area contributed by atoms with Gasteiger partial charge in [-0.05, 0) is 0 Å². The number of hydrogen-bond acceptors (Lipinski definition) is 4. The Morgan fingerprint density at radius 3 is 2.33 bits per heavy atom. The van der Waals surface area contributed by atoms with Gasteiger partial charge < -0.3 is 10.5 Å². The van der Waals surface area contributed by atoms with E-state index in [0.717, 1.165) is 0 Å². The fourth-order valence-electron chi connectivity index (χ4n) is 0.904. The maximum absolute atomic E-state index is 11.6. The molecule has 0 aromatic carbocycles.